The monoisotopic (exact) mass is 351 g/mol. The normalized spacial score (nSPS) is 16.5. The van der Waals surface area contributed by atoms with Gasteiger partial charge in [-0.15, -0.1) is 0 Å². The second-order valence-corrected chi connectivity index (χ2v) is 6.71. The Hall–Kier alpha value is -2.19. The third-order valence-corrected chi connectivity index (χ3v) is 5.00. The summed E-state index contributed by atoms with van der Waals surface area (Å²) in [6.45, 7) is 3.98. The zero-order chi connectivity index (χ0) is 17.9. The highest BCUT2D eigenvalue weighted by Crippen LogP contribution is 2.27. The Morgan fingerprint density at radius 3 is 2.88 bits per heavy atom. The lowest BCUT2D eigenvalue weighted by Crippen LogP contribution is -2.34. The van der Waals surface area contributed by atoms with Gasteiger partial charge in [0.2, 0.25) is 5.89 Å². The number of piperidine rings is 1. The predicted octanol–water partition coefficient (Wildman–Crippen LogP) is 1.42. The van der Waals surface area contributed by atoms with Gasteiger partial charge in [-0.2, -0.15) is 14.8 Å². The lowest BCUT2D eigenvalue weighted by Gasteiger charge is -2.30. The van der Waals surface area contributed by atoms with Crippen molar-refractivity contribution in [2.45, 2.75) is 25.2 Å². The number of nitrogens with zero attached hydrogens (tertiary/aromatic N) is 5. The molecule has 0 atom stereocenters. The zero-order valence-electron chi connectivity index (χ0n) is 15.0. The Kier molecular flexibility index (Phi) is 5.03. The molecule has 0 aliphatic carbocycles. The molecule has 1 fully saturated rings. The number of fused-ring (bicyclic) bond motifs is 1. The van der Waals surface area contributed by atoms with Gasteiger partial charge in [-0.3, -0.25) is 0 Å². The highest BCUT2D eigenvalue weighted by atomic mass is 16.5. The van der Waals surface area contributed by atoms with E-state index in [1.165, 1.54) is 0 Å². The van der Waals surface area contributed by atoms with Gasteiger partial charge in [0.05, 0.1) is 5.52 Å². The van der Waals surface area contributed by atoms with Crippen LogP contribution < -0.4 is 5.59 Å². The summed E-state index contributed by atoms with van der Waals surface area (Å²) in [6.07, 6.45) is 3.12. The van der Waals surface area contributed by atoms with Gasteiger partial charge >= 0.3 is 0 Å². The molecular formula is C18H22BN5O2. The average Bonchev–Trinajstić information content (AvgIpc) is 3.28. The summed E-state index contributed by atoms with van der Waals surface area (Å²) in [4.78, 5) is 7.06. The van der Waals surface area contributed by atoms with Crippen LogP contribution in [-0.4, -0.2) is 66.0 Å². The molecule has 0 saturated carbocycles. The number of hydrogen-bond acceptors (Lipinski definition) is 6. The lowest BCUT2D eigenvalue weighted by atomic mass is 9.97. The van der Waals surface area contributed by atoms with E-state index < -0.39 is 0 Å². The molecular weight excluding hydrogens is 329 g/mol. The van der Waals surface area contributed by atoms with Crippen LogP contribution in [0.2, 0.25) is 0 Å². The minimum absolute atomic E-state index is 0.300. The summed E-state index contributed by atoms with van der Waals surface area (Å²) in [5.41, 5.74) is 1.35. The fourth-order valence-electron chi connectivity index (χ4n) is 3.56. The van der Waals surface area contributed by atoms with Crippen molar-refractivity contribution in [1.82, 2.24) is 24.8 Å². The maximum atomic E-state index is 6.00. The fraction of sp³-hybridized carbons (Fsp3) is 0.500. The van der Waals surface area contributed by atoms with E-state index in [-0.39, 0.29) is 0 Å². The Bertz CT molecular complexity index is 869. The van der Waals surface area contributed by atoms with Crippen LogP contribution in [0.5, 0.6) is 0 Å². The molecule has 4 rings (SSSR count). The molecule has 26 heavy (non-hydrogen) atoms. The molecule has 3 aromatic rings. The molecule has 7 nitrogen and oxygen atoms in total. The molecule has 2 aromatic heterocycles. The highest BCUT2D eigenvalue weighted by molar-refractivity contribution is 6.37. The number of hydrogen-bond donors (Lipinski definition) is 0. The van der Waals surface area contributed by atoms with E-state index in [4.69, 9.17) is 17.1 Å². The second kappa shape index (κ2) is 7.59. The average molecular weight is 351 g/mol. The minimum Gasteiger partial charge on any atom is -0.385 e. The summed E-state index contributed by atoms with van der Waals surface area (Å²) in [5.74, 6) is 1.43. The van der Waals surface area contributed by atoms with Crippen LogP contribution in [0.1, 0.15) is 31.1 Å². The van der Waals surface area contributed by atoms with Gasteiger partial charge < -0.3 is 14.2 Å². The minimum atomic E-state index is 0.300. The van der Waals surface area contributed by atoms with Crippen LogP contribution in [0.3, 0.4) is 0 Å². The van der Waals surface area contributed by atoms with E-state index in [0.717, 1.165) is 56.4 Å². The number of likely N-dealkylation sites (tertiary alicyclic amines) is 1. The summed E-state index contributed by atoms with van der Waals surface area (Å²) in [7, 11) is 7.74. The summed E-state index contributed by atoms with van der Waals surface area (Å²) < 4.78 is 12.3. The van der Waals surface area contributed by atoms with Gasteiger partial charge in [-0.25, -0.2) is 0 Å². The number of aromatic nitrogens is 4. The molecule has 0 amide bonds. The van der Waals surface area contributed by atoms with Crippen LogP contribution >= 0.6 is 0 Å². The van der Waals surface area contributed by atoms with Crippen molar-refractivity contribution < 1.29 is 9.26 Å². The van der Waals surface area contributed by atoms with Crippen molar-refractivity contribution in [3.8, 4) is 5.95 Å². The van der Waals surface area contributed by atoms with Gasteiger partial charge in [-0.05, 0) is 43.6 Å². The molecule has 3 heterocycles. The Morgan fingerprint density at radius 1 is 1.27 bits per heavy atom. The standard InChI is InChI=1S/C18H22BN5O2/c1-25-12-4-9-23-10-7-13(8-11-23)17-20-18(22-26-17)24-15-6-3-2-5-14(15)16(19)21-24/h2-3,5-6,13H,4,7-12H2,1H3. The first-order valence-electron chi connectivity index (χ1n) is 9.05. The summed E-state index contributed by atoms with van der Waals surface area (Å²) >= 11 is 0. The van der Waals surface area contributed by atoms with Crippen LogP contribution in [0.4, 0.5) is 0 Å². The molecule has 1 saturated heterocycles. The number of ether oxygens (including phenoxy) is 1. The van der Waals surface area contributed by atoms with E-state index in [1.54, 1.807) is 11.8 Å². The molecule has 2 radical (unpaired) electrons. The van der Waals surface area contributed by atoms with Crippen molar-refractivity contribution in [3.63, 3.8) is 0 Å². The van der Waals surface area contributed by atoms with Crippen molar-refractivity contribution in [3.05, 3.63) is 30.2 Å². The first-order chi connectivity index (χ1) is 12.8. The molecule has 1 aromatic carbocycles. The van der Waals surface area contributed by atoms with Gasteiger partial charge in [0.25, 0.3) is 5.95 Å². The third kappa shape index (κ3) is 3.39. The van der Waals surface area contributed by atoms with Crippen LogP contribution in [0, 0.1) is 0 Å². The molecule has 0 spiro atoms. The fourth-order valence-corrected chi connectivity index (χ4v) is 3.56. The maximum Gasteiger partial charge on any atom is 0.291 e. The van der Waals surface area contributed by atoms with Crippen LogP contribution in [-0.2, 0) is 4.74 Å². The first-order valence-corrected chi connectivity index (χ1v) is 9.05. The molecule has 0 N–H and O–H groups in total. The van der Waals surface area contributed by atoms with Crippen LogP contribution in [0.25, 0.3) is 16.9 Å². The van der Waals surface area contributed by atoms with Crippen molar-refractivity contribution >= 4 is 24.3 Å². The molecule has 0 bridgehead atoms. The summed E-state index contributed by atoms with van der Waals surface area (Å²) in [6, 6.07) is 7.77. The second-order valence-electron chi connectivity index (χ2n) is 6.71. The van der Waals surface area contributed by atoms with Crippen molar-refractivity contribution in [1.29, 1.82) is 0 Å². The van der Waals surface area contributed by atoms with Crippen molar-refractivity contribution in [2.24, 2.45) is 0 Å². The first kappa shape index (κ1) is 17.2. The summed E-state index contributed by atoms with van der Waals surface area (Å²) in [5, 5.41) is 9.39. The Balaban J connectivity index is 1.45. The van der Waals surface area contributed by atoms with Gasteiger partial charge in [0.15, 0.2) is 0 Å². The number of benzene rings is 1. The van der Waals surface area contributed by atoms with Gasteiger partial charge in [0.1, 0.15) is 7.85 Å². The smallest absolute Gasteiger partial charge is 0.291 e. The Labute approximate surface area is 153 Å². The largest absolute Gasteiger partial charge is 0.385 e. The van der Waals surface area contributed by atoms with E-state index in [9.17, 15) is 0 Å². The predicted molar refractivity (Wildman–Crippen MR) is 99.2 cm³/mol. The lowest BCUT2D eigenvalue weighted by molar-refractivity contribution is 0.152. The number of para-hydroxylation sites is 1. The quantitative estimate of drug-likeness (QED) is 0.494. The SMILES string of the molecule is [B]c1nn(-c2noc(C3CCN(CCCOC)CC3)n2)c2ccccc12. The molecule has 1 aliphatic heterocycles. The van der Waals surface area contributed by atoms with Gasteiger partial charge in [0, 0.05) is 37.2 Å². The third-order valence-electron chi connectivity index (χ3n) is 5.00. The van der Waals surface area contributed by atoms with Crippen molar-refractivity contribution in [2.75, 3.05) is 33.4 Å². The van der Waals surface area contributed by atoms with E-state index in [2.05, 4.69) is 20.1 Å². The van der Waals surface area contributed by atoms with Gasteiger partial charge in [-0.1, -0.05) is 18.2 Å². The van der Waals surface area contributed by atoms with E-state index in [1.807, 2.05) is 24.3 Å². The molecule has 1 aliphatic rings. The van der Waals surface area contributed by atoms with E-state index in [0.29, 0.717) is 23.4 Å². The number of rotatable bonds is 6. The molecule has 0 unspecified atom stereocenters. The molecule has 8 heteroatoms. The Morgan fingerprint density at radius 2 is 2.08 bits per heavy atom. The molecule has 134 valence electrons. The zero-order valence-corrected chi connectivity index (χ0v) is 15.0. The van der Waals surface area contributed by atoms with E-state index >= 15 is 0 Å². The number of methoxy groups -OCH3 is 1. The maximum absolute atomic E-state index is 6.00. The van der Waals surface area contributed by atoms with Crippen LogP contribution in [0.15, 0.2) is 28.8 Å². The topological polar surface area (TPSA) is 69.2 Å². The highest BCUT2D eigenvalue weighted by Gasteiger charge is 2.25.